The standard InChI is InChI=1S/C9H15N3O3/c1-7(2-5-13)6-12-9(15)8(14)11-4-3-10/h7,13H,2,4-6H2,1H3,(H,11,14)(H,12,15). The average Bonchev–Trinajstić information content (AvgIpc) is 2.22. The highest BCUT2D eigenvalue weighted by Gasteiger charge is 2.12. The molecule has 0 rings (SSSR count). The first-order valence-electron chi connectivity index (χ1n) is 4.65. The summed E-state index contributed by atoms with van der Waals surface area (Å²) in [6.45, 7) is 2.05. The number of hydrogen-bond acceptors (Lipinski definition) is 4. The van der Waals surface area contributed by atoms with Gasteiger partial charge in [-0.1, -0.05) is 6.92 Å². The fourth-order valence-electron chi connectivity index (χ4n) is 0.870. The van der Waals surface area contributed by atoms with Crippen LogP contribution < -0.4 is 10.6 Å². The molecule has 0 saturated heterocycles. The van der Waals surface area contributed by atoms with Crippen LogP contribution in [-0.2, 0) is 9.59 Å². The molecule has 0 radical (unpaired) electrons. The third-order valence-electron chi connectivity index (χ3n) is 1.77. The third kappa shape index (κ3) is 6.46. The molecule has 0 heterocycles. The third-order valence-corrected chi connectivity index (χ3v) is 1.77. The van der Waals surface area contributed by atoms with Gasteiger partial charge < -0.3 is 15.7 Å². The summed E-state index contributed by atoms with van der Waals surface area (Å²) in [4.78, 5) is 22.0. The summed E-state index contributed by atoms with van der Waals surface area (Å²) in [5.41, 5.74) is 0. The number of nitrogens with one attached hydrogen (secondary N) is 2. The van der Waals surface area contributed by atoms with Gasteiger partial charge >= 0.3 is 11.8 Å². The molecule has 6 nitrogen and oxygen atoms in total. The van der Waals surface area contributed by atoms with Crippen molar-refractivity contribution in [1.82, 2.24) is 10.6 Å². The van der Waals surface area contributed by atoms with E-state index >= 15 is 0 Å². The molecular formula is C9H15N3O3. The quantitative estimate of drug-likeness (QED) is 0.392. The van der Waals surface area contributed by atoms with Crippen molar-refractivity contribution in [3.8, 4) is 6.07 Å². The fraction of sp³-hybridized carbons (Fsp3) is 0.667. The molecule has 0 aromatic heterocycles. The van der Waals surface area contributed by atoms with Crippen LogP contribution in [0.2, 0.25) is 0 Å². The molecule has 0 aromatic rings. The molecule has 0 fully saturated rings. The van der Waals surface area contributed by atoms with Gasteiger partial charge in [-0.2, -0.15) is 5.26 Å². The van der Waals surface area contributed by atoms with Crippen molar-refractivity contribution < 1.29 is 14.7 Å². The van der Waals surface area contributed by atoms with Gasteiger partial charge in [0.1, 0.15) is 6.54 Å². The van der Waals surface area contributed by atoms with E-state index in [0.717, 1.165) is 0 Å². The van der Waals surface area contributed by atoms with Crippen LogP contribution >= 0.6 is 0 Å². The Morgan fingerprint density at radius 1 is 1.40 bits per heavy atom. The number of aliphatic hydroxyl groups is 1. The zero-order chi connectivity index (χ0) is 11.7. The largest absolute Gasteiger partial charge is 0.396 e. The Balaban J connectivity index is 3.74. The van der Waals surface area contributed by atoms with E-state index in [1.807, 2.05) is 6.92 Å². The van der Waals surface area contributed by atoms with Crippen LogP contribution in [0.3, 0.4) is 0 Å². The van der Waals surface area contributed by atoms with Gasteiger partial charge in [0, 0.05) is 13.2 Å². The van der Waals surface area contributed by atoms with Crippen molar-refractivity contribution in [3.63, 3.8) is 0 Å². The zero-order valence-corrected chi connectivity index (χ0v) is 8.62. The second-order valence-corrected chi connectivity index (χ2v) is 3.17. The van der Waals surface area contributed by atoms with Crippen LogP contribution in [0.4, 0.5) is 0 Å². The number of aliphatic hydroxyl groups excluding tert-OH is 1. The normalized spacial score (nSPS) is 11.3. The topological polar surface area (TPSA) is 102 Å². The highest BCUT2D eigenvalue weighted by Crippen LogP contribution is 1.97. The van der Waals surface area contributed by atoms with Gasteiger partial charge in [0.05, 0.1) is 6.07 Å². The number of amides is 2. The van der Waals surface area contributed by atoms with Gasteiger partial charge in [0.2, 0.25) is 0 Å². The van der Waals surface area contributed by atoms with E-state index < -0.39 is 11.8 Å². The lowest BCUT2D eigenvalue weighted by Crippen LogP contribution is -2.41. The van der Waals surface area contributed by atoms with Crippen molar-refractivity contribution in [1.29, 1.82) is 5.26 Å². The van der Waals surface area contributed by atoms with E-state index in [9.17, 15) is 9.59 Å². The lowest BCUT2D eigenvalue weighted by Gasteiger charge is -2.10. The van der Waals surface area contributed by atoms with Gasteiger partial charge in [0.15, 0.2) is 0 Å². The molecule has 1 unspecified atom stereocenters. The molecule has 2 amide bonds. The molecule has 6 heteroatoms. The van der Waals surface area contributed by atoms with Gasteiger partial charge in [0.25, 0.3) is 0 Å². The molecule has 15 heavy (non-hydrogen) atoms. The number of carbonyl (C=O) groups excluding carboxylic acids is 2. The summed E-state index contributed by atoms with van der Waals surface area (Å²) in [5, 5.41) is 21.3. The Bertz CT molecular complexity index is 260. The number of nitrogens with zero attached hydrogens (tertiary/aromatic N) is 1. The van der Waals surface area contributed by atoms with Gasteiger partial charge in [-0.3, -0.25) is 9.59 Å². The van der Waals surface area contributed by atoms with E-state index in [0.29, 0.717) is 13.0 Å². The van der Waals surface area contributed by atoms with Crippen LogP contribution in [0.25, 0.3) is 0 Å². The number of hydrogen-bond donors (Lipinski definition) is 3. The summed E-state index contributed by atoms with van der Waals surface area (Å²) < 4.78 is 0. The molecule has 0 aliphatic carbocycles. The second-order valence-electron chi connectivity index (χ2n) is 3.17. The molecule has 3 N–H and O–H groups in total. The Hall–Kier alpha value is -1.61. The number of rotatable bonds is 5. The summed E-state index contributed by atoms with van der Waals surface area (Å²) >= 11 is 0. The summed E-state index contributed by atoms with van der Waals surface area (Å²) in [7, 11) is 0. The zero-order valence-electron chi connectivity index (χ0n) is 8.62. The highest BCUT2D eigenvalue weighted by molar-refractivity contribution is 6.35. The summed E-state index contributed by atoms with van der Waals surface area (Å²) in [5.74, 6) is -1.45. The first kappa shape index (κ1) is 13.4. The predicted octanol–water partition coefficient (Wildman–Crippen LogP) is -1.24. The van der Waals surface area contributed by atoms with Gasteiger partial charge in [-0.05, 0) is 12.3 Å². The average molecular weight is 213 g/mol. The maximum Gasteiger partial charge on any atom is 0.310 e. The summed E-state index contributed by atoms with van der Waals surface area (Å²) in [6, 6.07) is 1.69. The Kier molecular flexibility index (Phi) is 6.93. The van der Waals surface area contributed by atoms with Gasteiger partial charge in [-0.25, -0.2) is 0 Å². The summed E-state index contributed by atoms with van der Waals surface area (Å²) in [6.07, 6.45) is 0.570. The number of carbonyl (C=O) groups is 2. The van der Waals surface area contributed by atoms with Crippen molar-refractivity contribution in [2.24, 2.45) is 5.92 Å². The van der Waals surface area contributed by atoms with Crippen LogP contribution in [0, 0.1) is 17.2 Å². The molecule has 0 spiro atoms. The van der Waals surface area contributed by atoms with E-state index in [2.05, 4.69) is 10.6 Å². The first-order valence-corrected chi connectivity index (χ1v) is 4.65. The van der Waals surface area contributed by atoms with Crippen LogP contribution in [-0.4, -0.2) is 36.6 Å². The van der Waals surface area contributed by atoms with Crippen molar-refractivity contribution >= 4 is 11.8 Å². The van der Waals surface area contributed by atoms with E-state index in [4.69, 9.17) is 10.4 Å². The molecular weight excluding hydrogens is 198 g/mol. The van der Waals surface area contributed by atoms with Crippen molar-refractivity contribution in [3.05, 3.63) is 0 Å². The Morgan fingerprint density at radius 3 is 2.53 bits per heavy atom. The lowest BCUT2D eigenvalue weighted by molar-refractivity contribution is -0.139. The fourth-order valence-corrected chi connectivity index (χ4v) is 0.870. The molecule has 0 aliphatic rings. The minimum Gasteiger partial charge on any atom is -0.396 e. The minimum atomic E-state index is -0.812. The SMILES string of the molecule is CC(CCO)CNC(=O)C(=O)NCC#N. The molecule has 0 bridgehead atoms. The van der Waals surface area contributed by atoms with Crippen molar-refractivity contribution in [2.45, 2.75) is 13.3 Å². The first-order chi connectivity index (χ1) is 7.11. The van der Waals surface area contributed by atoms with E-state index in [1.165, 1.54) is 0 Å². The lowest BCUT2D eigenvalue weighted by atomic mass is 10.1. The molecule has 0 saturated carbocycles. The van der Waals surface area contributed by atoms with Crippen LogP contribution in [0.15, 0.2) is 0 Å². The van der Waals surface area contributed by atoms with E-state index in [-0.39, 0.29) is 19.1 Å². The van der Waals surface area contributed by atoms with Crippen molar-refractivity contribution in [2.75, 3.05) is 19.7 Å². The van der Waals surface area contributed by atoms with E-state index in [1.54, 1.807) is 6.07 Å². The Labute approximate surface area is 88.3 Å². The number of nitriles is 1. The molecule has 1 atom stereocenters. The van der Waals surface area contributed by atoms with Gasteiger partial charge in [-0.15, -0.1) is 0 Å². The Morgan fingerprint density at radius 2 is 2.00 bits per heavy atom. The second kappa shape index (κ2) is 7.76. The highest BCUT2D eigenvalue weighted by atomic mass is 16.3. The predicted molar refractivity (Wildman–Crippen MR) is 52.5 cm³/mol. The van der Waals surface area contributed by atoms with Crippen LogP contribution in [0.5, 0.6) is 0 Å². The molecule has 84 valence electrons. The monoisotopic (exact) mass is 213 g/mol. The molecule has 0 aliphatic heterocycles. The smallest absolute Gasteiger partial charge is 0.310 e. The molecule has 0 aromatic carbocycles. The maximum absolute atomic E-state index is 11.1. The van der Waals surface area contributed by atoms with Crippen LogP contribution in [0.1, 0.15) is 13.3 Å². The maximum atomic E-state index is 11.1. The minimum absolute atomic E-state index is 0.0532.